The minimum atomic E-state index is -5.08. The van der Waals surface area contributed by atoms with E-state index in [9.17, 15) is 28.0 Å². The van der Waals surface area contributed by atoms with E-state index in [2.05, 4.69) is 11.4 Å². The quantitative estimate of drug-likeness (QED) is 0.325. The molecule has 0 aliphatic heterocycles. The van der Waals surface area contributed by atoms with E-state index in [1.54, 1.807) is 17.7 Å². The molecular weight excluding hydrogens is 545 g/mol. The first kappa shape index (κ1) is 31.4. The van der Waals surface area contributed by atoms with Gasteiger partial charge in [0.2, 0.25) is 5.91 Å². The third kappa shape index (κ3) is 8.18. The van der Waals surface area contributed by atoms with Crippen molar-refractivity contribution in [3.63, 3.8) is 0 Å². The molecule has 1 fully saturated rings. The maximum Gasteiger partial charge on any atom is 0.490 e. The highest BCUT2D eigenvalue weighted by atomic mass is 19.4. The number of methoxy groups -OCH3 is 1. The zero-order chi connectivity index (χ0) is 30.2. The Kier molecular flexibility index (Phi) is 10.3. The van der Waals surface area contributed by atoms with E-state index in [4.69, 9.17) is 24.8 Å². The Balaban J connectivity index is 0.000000587. The van der Waals surface area contributed by atoms with E-state index in [0.29, 0.717) is 44.4 Å². The van der Waals surface area contributed by atoms with Crippen LogP contribution in [0.2, 0.25) is 0 Å². The zero-order valence-corrected chi connectivity index (χ0v) is 22.4. The van der Waals surface area contributed by atoms with E-state index in [-0.39, 0.29) is 11.7 Å². The molecule has 10 nitrogen and oxygen atoms in total. The Labute approximate surface area is 233 Å². The molecule has 0 unspecified atom stereocenters. The van der Waals surface area contributed by atoms with Crippen molar-refractivity contribution in [1.29, 1.82) is 5.26 Å². The summed E-state index contributed by atoms with van der Waals surface area (Å²) in [5.74, 6) is -3.37. The summed E-state index contributed by atoms with van der Waals surface area (Å²) in [7, 11) is 1.63. The molecule has 41 heavy (non-hydrogen) atoms. The number of amides is 1. The number of halogens is 3. The number of benzene rings is 2. The molecule has 4 rings (SSSR count). The molecule has 4 N–H and O–H groups in total. The minimum Gasteiger partial charge on any atom is -0.475 e. The van der Waals surface area contributed by atoms with Gasteiger partial charge in [0.25, 0.3) is 0 Å². The molecule has 0 spiro atoms. The second kappa shape index (κ2) is 13.5. The lowest BCUT2D eigenvalue weighted by Crippen LogP contribution is -2.54. The van der Waals surface area contributed by atoms with Gasteiger partial charge < -0.3 is 25.3 Å². The van der Waals surface area contributed by atoms with Crippen LogP contribution < -0.4 is 16.8 Å². The smallest absolute Gasteiger partial charge is 0.475 e. The highest BCUT2D eigenvalue weighted by molar-refractivity contribution is 5.87. The number of aliphatic carboxylic acids is 1. The van der Waals surface area contributed by atoms with Crippen LogP contribution in [0, 0.1) is 11.3 Å². The van der Waals surface area contributed by atoms with Gasteiger partial charge in [0, 0.05) is 26.7 Å². The van der Waals surface area contributed by atoms with Crippen LogP contribution in [-0.2, 0) is 27.3 Å². The van der Waals surface area contributed by atoms with Crippen LogP contribution in [0.25, 0.3) is 22.2 Å². The van der Waals surface area contributed by atoms with Crippen LogP contribution in [0.3, 0.4) is 0 Å². The fourth-order valence-electron chi connectivity index (χ4n) is 4.55. The average molecular weight is 577 g/mol. The maximum absolute atomic E-state index is 12.6. The van der Waals surface area contributed by atoms with E-state index in [1.807, 2.05) is 36.4 Å². The molecule has 0 bridgehead atoms. The van der Waals surface area contributed by atoms with Crippen molar-refractivity contribution in [2.45, 2.75) is 62.8 Å². The first-order chi connectivity index (χ1) is 19.4. The molecule has 1 atom stereocenters. The van der Waals surface area contributed by atoms with Crippen molar-refractivity contribution in [2.75, 3.05) is 13.7 Å². The highest BCUT2D eigenvalue weighted by Gasteiger charge is 2.38. The van der Waals surface area contributed by atoms with E-state index in [0.717, 1.165) is 35.0 Å². The third-order valence-electron chi connectivity index (χ3n) is 6.78. The molecule has 1 saturated carbocycles. The standard InChI is InChI=1S/C26H30N4O4.C2HF3O2/c1-33-14-4-13-30-22-16-20(9-10-23(22)34-25(30)32)19-7-5-18(6-8-19)15-21(17-27)29-24(31)26(28)11-2-3-12-26;3-2(4,5)1(6)7/h5-10,16,21H,2-4,11-15,28H2,1H3,(H,29,31);(H,6,7)/t21-;/m0./s1. The topological polar surface area (TPSA) is 161 Å². The average Bonchev–Trinajstić information content (AvgIpc) is 3.51. The van der Waals surface area contributed by atoms with Gasteiger partial charge in [-0.2, -0.15) is 18.4 Å². The first-order valence-electron chi connectivity index (χ1n) is 12.9. The fourth-order valence-corrected chi connectivity index (χ4v) is 4.55. The van der Waals surface area contributed by atoms with Gasteiger partial charge in [0.05, 0.1) is 17.1 Å². The summed E-state index contributed by atoms with van der Waals surface area (Å²) in [5, 5.41) is 19.5. The van der Waals surface area contributed by atoms with Crippen molar-refractivity contribution in [3.05, 3.63) is 58.6 Å². The van der Waals surface area contributed by atoms with Crippen LogP contribution in [0.15, 0.2) is 51.7 Å². The lowest BCUT2D eigenvalue weighted by molar-refractivity contribution is -0.192. The van der Waals surface area contributed by atoms with Crippen molar-refractivity contribution in [2.24, 2.45) is 5.73 Å². The number of nitrogens with zero attached hydrogens (tertiary/aromatic N) is 2. The van der Waals surface area contributed by atoms with Crippen molar-refractivity contribution in [3.8, 4) is 17.2 Å². The lowest BCUT2D eigenvalue weighted by Gasteiger charge is -2.24. The van der Waals surface area contributed by atoms with E-state index < -0.39 is 23.7 Å². The van der Waals surface area contributed by atoms with Gasteiger partial charge >= 0.3 is 17.9 Å². The number of fused-ring (bicyclic) bond motifs is 1. The van der Waals surface area contributed by atoms with Crippen LogP contribution in [-0.4, -0.2) is 53.0 Å². The van der Waals surface area contributed by atoms with Crippen LogP contribution >= 0.6 is 0 Å². The number of nitrogens with one attached hydrogen (secondary N) is 1. The second-order valence-corrected chi connectivity index (χ2v) is 9.77. The number of carboxylic acid groups (broad SMARTS) is 1. The summed E-state index contributed by atoms with van der Waals surface area (Å²) in [4.78, 5) is 33.7. The number of carboxylic acids is 1. The fraction of sp³-hybridized carbons (Fsp3) is 0.429. The SMILES string of the molecule is COCCCn1c(=O)oc2ccc(-c3ccc(C[C@@H](C#N)NC(=O)C4(N)CCCC4)cc3)cc21.O=C(O)C(F)(F)F. The van der Waals surface area contributed by atoms with Crippen molar-refractivity contribution < 1.29 is 37.0 Å². The number of aryl methyl sites for hydroxylation is 1. The summed E-state index contributed by atoms with van der Waals surface area (Å²) in [5.41, 5.74) is 9.53. The molecule has 13 heteroatoms. The highest BCUT2D eigenvalue weighted by Crippen LogP contribution is 2.28. The zero-order valence-electron chi connectivity index (χ0n) is 22.4. The van der Waals surface area contributed by atoms with Gasteiger partial charge in [-0.05, 0) is 48.1 Å². The lowest BCUT2D eigenvalue weighted by atomic mass is 9.96. The van der Waals surface area contributed by atoms with Crippen molar-refractivity contribution in [1.82, 2.24) is 9.88 Å². The number of oxazole rings is 1. The van der Waals surface area contributed by atoms with Crippen LogP contribution in [0.5, 0.6) is 0 Å². The largest absolute Gasteiger partial charge is 0.490 e. The van der Waals surface area contributed by atoms with Gasteiger partial charge in [-0.3, -0.25) is 9.36 Å². The molecule has 0 radical (unpaired) electrons. The normalized spacial score (nSPS) is 15.0. The number of rotatable bonds is 9. The number of alkyl halides is 3. The Morgan fingerprint density at radius 3 is 2.37 bits per heavy atom. The Hall–Kier alpha value is -4.15. The van der Waals surface area contributed by atoms with Crippen LogP contribution in [0.4, 0.5) is 13.2 Å². The Bertz CT molecular complexity index is 1450. The summed E-state index contributed by atoms with van der Waals surface area (Å²) < 4.78 is 43.8. The molecule has 1 amide bonds. The van der Waals surface area contributed by atoms with E-state index >= 15 is 0 Å². The summed E-state index contributed by atoms with van der Waals surface area (Å²) >= 11 is 0. The molecule has 1 aliphatic carbocycles. The second-order valence-electron chi connectivity index (χ2n) is 9.77. The number of carbonyl (C=O) groups is 2. The minimum absolute atomic E-state index is 0.238. The summed E-state index contributed by atoms with van der Waals surface area (Å²) in [6.07, 6.45) is -0.767. The number of nitrogens with two attached hydrogens (primary N) is 1. The van der Waals surface area contributed by atoms with Gasteiger partial charge in [-0.25, -0.2) is 9.59 Å². The molecular formula is C28H31F3N4O6. The maximum atomic E-state index is 12.6. The monoisotopic (exact) mass is 576 g/mol. The molecule has 3 aromatic rings. The summed E-state index contributed by atoms with van der Waals surface area (Å²) in [6, 6.07) is 15.1. The number of carbonyl (C=O) groups excluding carboxylic acids is 1. The Morgan fingerprint density at radius 2 is 1.80 bits per heavy atom. The molecule has 1 aliphatic rings. The first-order valence-corrected chi connectivity index (χ1v) is 12.9. The number of ether oxygens (including phenoxy) is 1. The predicted molar refractivity (Wildman–Crippen MR) is 143 cm³/mol. The van der Waals surface area contributed by atoms with Gasteiger partial charge in [0.15, 0.2) is 5.58 Å². The molecule has 220 valence electrons. The van der Waals surface area contributed by atoms with Gasteiger partial charge in [-0.15, -0.1) is 0 Å². The number of nitriles is 1. The van der Waals surface area contributed by atoms with Crippen LogP contribution in [0.1, 0.15) is 37.7 Å². The molecule has 1 heterocycles. The van der Waals surface area contributed by atoms with Crippen molar-refractivity contribution >= 4 is 23.0 Å². The molecule has 2 aromatic carbocycles. The third-order valence-corrected chi connectivity index (χ3v) is 6.78. The van der Waals surface area contributed by atoms with Gasteiger partial charge in [-0.1, -0.05) is 43.2 Å². The number of hydrogen-bond acceptors (Lipinski definition) is 7. The molecule has 1 aromatic heterocycles. The summed E-state index contributed by atoms with van der Waals surface area (Å²) in [6.45, 7) is 1.09. The predicted octanol–water partition coefficient (Wildman–Crippen LogP) is 3.75. The molecule has 0 saturated heterocycles. The number of aromatic nitrogens is 1. The Morgan fingerprint density at radius 1 is 1.20 bits per heavy atom. The van der Waals surface area contributed by atoms with E-state index in [1.165, 1.54) is 0 Å². The number of hydrogen-bond donors (Lipinski definition) is 3. The van der Waals surface area contributed by atoms with Gasteiger partial charge in [0.1, 0.15) is 6.04 Å².